The first kappa shape index (κ1) is 74.8. The van der Waals surface area contributed by atoms with Crippen molar-refractivity contribution in [3.63, 3.8) is 0 Å². The number of esters is 3. The van der Waals surface area contributed by atoms with Crippen molar-refractivity contribution in [3.05, 3.63) is 72.9 Å². The molecule has 0 aliphatic rings. The third kappa shape index (κ3) is 63.7. The van der Waals surface area contributed by atoms with Crippen LogP contribution in [0.3, 0.4) is 0 Å². The van der Waals surface area contributed by atoms with E-state index >= 15 is 0 Å². The predicted octanol–water partition coefficient (Wildman–Crippen LogP) is 23.3. The van der Waals surface area contributed by atoms with Crippen molar-refractivity contribution in [1.82, 2.24) is 0 Å². The smallest absolute Gasteiger partial charge is 0.306 e. The molecule has 0 rings (SSSR count). The number of hydrogen-bond donors (Lipinski definition) is 0. The number of carbonyl (C=O) groups excluding carboxylic acids is 3. The second-order valence-electron chi connectivity index (χ2n) is 22.7. The molecule has 1 unspecified atom stereocenters. The van der Waals surface area contributed by atoms with Crippen LogP contribution in [0, 0.1) is 0 Å². The summed E-state index contributed by atoms with van der Waals surface area (Å²) in [6.07, 6.45) is 86.4. The van der Waals surface area contributed by atoms with Crippen LogP contribution in [0.15, 0.2) is 72.9 Å². The van der Waals surface area contributed by atoms with Gasteiger partial charge < -0.3 is 14.2 Å². The molecular formula is C72H128O6. The molecule has 0 radical (unpaired) electrons. The van der Waals surface area contributed by atoms with Crippen molar-refractivity contribution in [2.75, 3.05) is 13.2 Å². The molecule has 0 aromatic heterocycles. The van der Waals surface area contributed by atoms with Crippen molar-refractivity contribution in [2.24, 2.45) is 0 Å². The van der Waals surface area contributed by atoms with Gasteiger partial charge in [0.1, 0.15) is 13.2 Å². The normalized spacial score (nSPS) is 12.5. The van der Waals surface area contributed by atoms with E-state index in [-0.39, 0.29) is 31.1 Å². The summed E-state index contributed by atoms with van der Waals surface area (Å²) >= 11 is 0. The number of ether oxygens (including phenoxy) is 3. The van der Waals surface area contributed by atoms with Gasteiger partial charge in [-0.15, -0.1) is 0 Å². The fourth-order valence-electron chi connectivity index (χ4n) is 9.88. The Bertz CT molecular complexity index is 1440. The number of hydrogen-bond acceptors (Lipinski definition) is 6. The van der Waals surface area contributed by atoms with Crippen molar-refractivity contribution in [2.45, 2.75) is 354 Å². The summed E-state index contributed by atoms with van der Waals surface area (Å²) < 4.78 is 16.9. The fraction of sp³-hybridized carbons (Fsp3) is 0.792. The van der Waals surface area contributed by atoms with E-state index in [1.807, 2.05) is 0 Å². The maximum Gasteiger partial charge on any atom is 0.306 e. The highest BCUT2D eigenvalue weighted by Gasteiger charge is 2.19. The van der Waals surface area contributed by atoms with Crippen molar-refractivity contribution >= 4 is 17.9 Å². The Morgan fingerprint density at radius 1 is 0.269 bits per heavy atom. The van der Waals surface area contributed by atoms with Gasteiger partial charge in [-0.1, -0.05) is 312 Å². The Labute approximate surface area is 484 Å². The minimum absolute atomic E-state index is 0.0866. The highest BCUT2D eigenvalue weighted by Crippen LogP contribution is 2.18. The topological polar surface area (TPSA) is 78.9 Å². The molecular weight excluding hydrogens is 961 g/mol. The lowest BCUT2D eigenvalue weighted by Gasteiger charge is -2.18. The summed E-state index contributed by atoms with van der Waals surface area (Å²) in [6.45, 7) is 6.53. The second-order valence-corrected chi connectivity index (χ2v) is 22.7. The quantitative estimate of drug-likeness (QED) is 0.0261. The van der Waals surface area contributed by atoms with Gasteiger partial charge in [0, 0.05) is 19.3 Å². The van der Waals surface area contributed by atoms with Gasteiger partial charge in [-0.3, -0.25) is 14.4 Å². The van der Waals surface area contributed by atoms with Gasteiger partial charge in [0.25, 0.3) is 0 Å². The van der Waals surface area contributed by atoms with Gasteiger partial charge >= 0.3 is 17.9 Å². The average molecular weight is 1090 g/mol. The Morgan fingerprint density at radius 2 is 0.500 bits per heavy atom. The lowest BCUT2D eigenvalue weighted by Crippen LogP contribution is -2.30. The van der Waals surface area contributed by atoms with Crippen LogP contribution in [0.4, 0.5) is 0 Å². The summed E-state index contributed by atoms with van der Waals surface area (Å²) in [4.78, 5) is 38.4. The Balaban J connectivity index is 4.34. The zero-order valence-electron chi connectivity index (χ0n) is 51.9. The van der Waals surface area contributed by atoms with E-state index in [1.54, 1.807) is 0 Å². The molecule has 0 aliphatic carbocycles. The summed E-state index contributed by atoms with van der Waals surface area (Å²) in [5, 5.41) is 0. The Kier molecular flexibility index (Phi) is 63.7. The van der Waals surface area contributed by atoms with E-state index in [2.05, 4.69) is 93.7 Å². The van der Waals surface area contributed by atoms with Gasteiger partial charge in [-0.2, -0.15) is 0 Å². The zero-order valence-corrected chi connectivity index (χ0v) is 51.9. The highest BCUT2D eigenvalue weighted by molar-refractivity contribution is 5.71. The van der Waals surface area contributed by atoms with Crippen molar-refractivity contribution in [1.29, 1.82) is 0 Å². The third-order valence-electron chi connectivity index (χ3n) is 14.9. The molecule has 0 N–H and O–H groups in total. The molecule has 0 saturated heterocycles. The van der Waals surface area contributed by atoms with Gasteiger partial charge in [-0.25, -0.2) is 0 Å². The maximum atomic E-state index is 12.9. The SMILES string of the molecule is CC/C=C\C/C=C\C/C=C\C/C=C\CCCCC(=O)OCC(COC(=O)CCCCCCCCCCCCC/C=C\C/C=C\CCCCCCC)OC(=O)CCCCCCCCCCCCCCCCCCCCCCCC. The maximum absolute atomic E-state index is 12.9. The van der Waals surface area contributed by atoms with Gasteiger partial charge in [-0.05, 0) is 89.9 Å². The number of allylic oxidation sites excluding steroid dienone is 12. The van der Waals surface area contributed by atoms with E-state index in [9.17, 15) is 14.4 Å². The molecule has 0 aromatic carbocycles. The monoisotopic (exact) mass is 1090 g/mol. The van der Waals surface area contributed by atoms with Gasteiger partial charge in [0.2, 0.25) is 0 Å². The number of rotatable bonds is 62. The van der Waals surface area contributed by atoms with Gasteiger partial charge in [0.05, 0.1) is 0 Å². The molecule has 0 heterocycles. The molecule has 0 saturated carbocycles. The van der Waals surface area contributed by atoms with E-state index in [1.165, 1.54) is 218 Å². The van der Waals surface area contributed by atoms with E-state index in [4.69, 9.17) is 14.2 Å². The summed E-state index contributed by atoms with van der Waals surface area (Å²) in [5.41, 5.74) is 0. The van der Waals surface area contributed by atoms with E-state index in [0.29, 0.717) is 19.3 Å². The second kappa shape index (κ2) is 66.4. The molecule has 6 heteroatoms. The van der Waals surface area contributed by atoms with E-state index in [0.717, 1.165) is 89.9 Å². The van der Waals surface area contributed by atoms with Crippen LogP contribution in [-0.2, 0) is 28.6 Å². The van der Waals surface area contributed by atoms with Crippen molar-refractivity contribution in [3.8, 4) is 0 Å². The molecule has 452 valence electrons. The largest absolute Gasteiger partial charge is 0.462 e. The third-order valence-corrected chi connectivity index (χ3v) is 14.9. The predicted molar refractivity (Wildman–Crippen MR) is 339 cm³/mol. The number of carbonyl (C=O) groups is 3. The molecule has 0 spiro atoms. The average Bonchev–Trinajstić information content (AvgIpc) is 3.44. The Morgan fingerprint density at radius 3 is 0.808 bits per heavy atom. The summed E-state index contributed by atoms with van der Waals surface area (Å²) in [6, 6.07) is 0. The fourth-order valence-corrected chi connectivity index (χ4v) is 9.88. The van der Waals surface area contributed by atoms with Crippen LogP contribution in [0.2, 0.25) is 0 Å². The van der Waals surface area contributed by atoms with Crippen LogP contribution in [0.1, 0.15) is 348 Å². The number of unbranched alkanes of at least 4 members (excludes halogenated alkanes) is 39. The van der Waals surface area contributed by atoms with Crippen LogP contribution in [0.25, 0.3) is 0 Å². The van der Waals surface area contributed by atoms with Crippen LogP contribution in [0.5, 0.6) is 0 Å². The summed E-state index contributed by atoms with van der Waals surface area (Å²) in [5.74, 6) is -0.912. The minimum atomic E-state index is -0.793. The minimum Gasteiger partial charge on any atom is -0.462 e. The summed E-state index contributed by atoms with van der Waals surface area (Å²) in [7, 11) is 0. The molecule has 0 aromatic rings. The molecule has 0 aliphatic heterocycles. The molecule has 0 fully saturated rings. The van der Waals surface area contributed by atoms with Crippen LogP contribution >= 0.6 is 0 Å². The van der Waals surface area contributed by atoms with Gasteiger partial charge in [0.15, 0.2) is 6.10 Å². The van der Waals surface area contributed by atoms with Crippen molar-refractivity contribution < 1.29 is 28.6 Å². The zero-order chi connectivity index (χ0) is 56.4. The lowest BCUT2D eigenvalue weighted by atomic mass is 10.0. The van der Waals surface area contributed by atoms with Crippen LogP contribution in [-0.4, -0.2) is 37.2 Å². The first-order valence-electron chi connectivity index (χ1n) is 33.9. The lowest BCUT2D eigenvalue weighted by molar-refractivity contribution is -0.167. The first-order chi connectivity index (χ1) is 38.5. The van der Waals surface area contributed by atoms with E-state index < -0.39 is 6.10 Å². The molecule has 0 amide bonds. The molecule has 78 heavy (non-hydrogen) atoms. The standard InChI is InChI=1S/C72H128O6/c1-4-7-10-13-16-19-22-25-28-30-32-34-36-38-39-41-44-47-50-53-56-59-62-65-71(74)77-68-69(67-76-70(73)64-61-58-55-52-49-46-43-27-24-21-18-15-12-9-6-3)78-72(75)66-63-60-57-54-51-48-45-42-40-37-35-33-31-29-26-23-20-17-14-11-8-5-2/h9,12,18,21-22,25,27,30,32,43,49,52,69H,4-8,10-11,13-17,19-20,23-24,26,28-29,31,33-42,44-48,50-51,53-68H2,1-3H3/b12-9-,21-18-,25-22-,32-30-,43-27-,52-49-. The Hall–Kier alpha value is -3.15. The highest BCUT2D eigenvalue weighted by atomic mass is 16.6. The first-order valence-corrected chi connectivity index (χ1v) is 33.9. The molecule has 0 bridgehead atoms. The van der Waals surface area contributed by atoms with Crippen LogP contribution < -0.4 is 0 Å². The molecule has 6 nitrogen and oxygen atoms in total. The molecule has 1 atom stereocenters.